The van der Waals surface area contributed by atoms with E-state index in [4.69, 9.17) is 27.9 Å². The second-order valence-corrected chi connectivity index (χ2v) is 11.1. The summed E-state index contributed by atoms with van der Waals surface area (Å²) >= 11 is 12.6. The number of carbonyl (C=O) groups excluding carboxylic acids is 1. The lowest BCUT2D eigenvalue weighted by Crippen LogP contribution is -2.55. The maximum Gasteiger partial charge on any atom is 0.410 e. The monoisotopic (exact) mass is 550 g/mol. The van der Waals surface area contributed by atoms with E-state index in [0.29, 0.717) is 31.0 Å². The fourth-order valence-corrected chi connectivity index (χ4v) is 4.73. The van der Waals surface area contributed by atoms with Crippen LogP contribution in [0.4, 0.5) is 15.0 Å². The number of carbonyl (C=O) groups is 1. The molecule has 4 rings (SSSR count). The van der Waals surface area contributed by atoms with Crippen molar-refractivity contribution in [3.63, 3.8) is 0 Å². The van der Waals surface area contributed by atoms with Gasteiger partial charge < -0.3 is 14.5 Å². The van der Waals surface area contributed by atoms with Crippen molar-refractivity contribution >= 4 is 46.1 Å². The highest BCUT2D eigenvalue weighted by Gasteiger charge is 2.32. The molecular formula is C25H29Cl2FN6O3. The van der Waals surface area contributed by atoms with Crippen LogP contribution in [0.2, 0.25) is 10.2 Å². The van der Waals surface area contributed by atoms with Gasteiger partial charge in [0.15, 0.2) is 16.6 Å². The lowest BCUT2D eigenvalue weighted by Gasteiger charge is -2.41. The minimum atomic E-state index is -0.746. The van der Waals surface area contributed by atoms with Gasteiger partial charge >= 0.3 is 11.8 Å². The Labute approximate surface area is 224 Å². The van der Waals surface area contributed by atoms with E-state index in [1.807, 2.05) is 46.4 Å². The summed E-state index contributed by atoms with van der Waals surface area (Å²) in [4.78, 5) is 42.6. The van der Waals surface area contributed by atoms with Crippen molar-refractivity contribution in [2.24, 2.45) is 0 Å². The molecule has 0 spiro atoms. The normalized spacial score (nSPS) is 16.5. The Morgan fingerprint density at radius 2 is 1.92 bits per heavy atom. The Balaban J connectivity index is 1.85. The number of aromatic nitrogens is 4. The quantitative estimate of drug-likeness (QED) is 0.414. The van der Waals surface area contributed by atoms with Gasteiger partial charge in [-0.2, -0.15) is 4.98 Å². The molecule has 198 valence electrons. The Morgan fingerprint density at radius 3 is 2.54 bits per heavy atom. The first-order chi connectivity index (χ1) is 17.3. The fourth-order valence-electron chi connectivity index (χ4n) is 4.36. The molecule has 1 amide bonds. The number of hydrogen-bond donors (Lipinski definition) is 0. The van der Waals surface area contributed by atoms with E-state index in [0.717, 1.165) is 0 Å². The average Bonchev–Trinajstić information content (AvgIpc) is 2.79. The van der Waals surface area contributed by atoms with Crippen LogP contribution in [0.15, 0.2) is 23.1 Å². The number of halogens is 3. The molecule has 12 heteroatoms. The summed E-state index contributed by atoms with van der Waals surface area (Å²) in [6.45, 7) is 12.2. The highest BCUT2D eigenvalue weighted by atomic mass is 35.5. The van der Waals surface area contributed by atoms with Gasteiger partial charge in [-0.05, 0) is 45.7 Å². The summed E-state index contributed by atoms with van der Waals surface area (Å²) in [6.07, 6.45) is 1.14. The molecule has 1 aliphatic rings. The maximum atomic E-state index is 14.7. The summed E-state index contributed by atoms with van der Waals surface area (Å²) in [6, 6.07) is 2.53. The molecule has 0 saturated carbocycles. The van der Waals surface area contributed by atoms with Crippen molar-refractivity contribution in [2.45, 2.75) is 59.1 Å². The summed E-state index contributed by atoms with van der Waals surface area (Å²) in [5.74, 6) is -0.571. The van der Waals surface area contributed by atoms with Crippen LogP contribution in [0.3, 0.4) is 0 Å². The van der Waals surface area contributed by atoms with Gasteiger partial charge in [0.1, 0.15) is 11.4 Å². The second-order valence-electron chi connectivity index (χ2n) is 10.3. The molecule has 1 atom stereocenters. The van der Waals surface area contributed by atoms with E-state index >= 15 is 0 Å². The Bertz CT molecular complexity index is 1420. The van der Waals surface area contributed by atoms with Crippen molar-refractivity contribution in [3.05, 3.63) is 50.5 Å². The molecule has 0 bridgehead atoms. The molecule has 3 aromatic heterocycles. The lowest BCUT2D eigenvalue weighted by molar-refractivity contribution is 0.0218. The Morgan fingerprint density at radius 1 is 1.22 bits per heavy atom. The van der Waals surface area contributed by atoms with Crippen molar-refractivity contribution in [3.8, 4) is 5.69 Å². The van der Waals surface area contributed by atoms with Crippen molar-refractivity contribution in [1.82, 2.24) is 24.4 Å². The van der Waals surface area contributed by atoms with Gasteiger partial charge in [-0.25, -0.2) is 23.5 Å². The van der Waals surface area contributed by atoms with E-state index in [9.17, 15) is 14.0 Å². The van der Waals surface area contributed by atoms with E-state index in [1.54, 1.807) is 17.2 Å². The summed E-state index contributed by atoms with van der Waals surface area (Å²) in [5.41, 5.74) is -0.278. The molecule has 0 radical (unpaired) electrons. The molecule has 4 heterocycles. The minimum Gasteiger partial charge on any atom is -0.444 e. The number of fused-ring (bicyclic) bond motifs is 1. The molecule has 1 aliphatic heterocycles. The molecule has 1 fully saturated rings. The van der Waals surface area contributed by atoms with E-state index in [-0.39, 0.29) is 39.0 Å². The highest BCUT2D eigenvalue weighted by molar-refractivity contribution is 6.32. The van der Waals surface area contributed by atoms with Crippen LogP contribution in [0, 0.1) is 5.82 Å². The minimum absolute atomic E-state index is 0.0767. The van der Waals surface area contributed by atoms with Gasteiger partial charge in [0, 0.05) is 31.9 Å². The molecule has 0 N–H and O–H groups in total. The van der Waals surface area contributed by atoms with Gasteiger partial charge in [-0.15, -0.1) is 0 Å². The third-order valence-corrected chi connectivity index (χ3v) is 6.55. The zero-order valence-corrected chi connectivity index (χ0v) is 23.1. The van der Waals surface area contributed by atoms with Crippen LogP contribution >= 0.6 is 23.2 Å². The standard InChI is InChI=1S/C25H29Cl2FN6O3/c1-13(2)18-19(16(26)7-8-29-18)34-22-15(11-17(28)20(27)30-22)21(31-23(34)35)33-10-9-32(12-14(33)3)24(36)37-25(4,5)6/h7-8,11,13-14H,9-10,12H2,1-6H3/t14-/m0/s1. The molecule has 1 saturated heterocycles. The first-order valence-corrected chi connectivity index (χ1v) is 12.7. The number of rotatable bonds is 3. The molecular weight excluding hydrogens is 522 g/mol. The number of ether oxygens (including phenoxy) is 1. The number of hydrogen-bond acceptors (Lipinski definition) is 7. The molecule has 9 nitrogen and oxygen atoms in total. The maximum absolute atomic E-state index is 14.7. The van der Waals surface area contributed by atoms with Crippen LogP contribution in [-0.2, 0) is 4.74 Å². The fraction of sp³-hybridized carbons (Fsp3) is 0.480. The number of amides is 1. The highest BCUT2D eigenvalue weighted by Crippen LogP contribution is 2.33. The summed E-state index contributed by atoms with van der Waals surface area (Å²) < 4.78 is 21.4. The summed E-state index contributed by atoms with van der Waals surface area (Å²) in [7, 11) is 0. The SMILES string of the molecule is CC(C)c1nccc(Cl)c1-n1c(=O)nc(N2CCN(C(=O)OC(C)(C)C)C[C@@H]2C)c2cc(F)c(Cl)nc21. The second kappa shape index (κ2) is 10.1. The van der Waals surface area contributed by atoms with Crippen molar-refractivity contribution in [1.29, 1.82) is 0 Å². The van der Waals surface area contributed by atoms with Crippen LogP contribution in [-0.4, -0.2) is 61.8 Å². The number of nitrogens with zero attached hydrogens (tertiary/aromatic N) is 6. The molecule has 0 unspecified atom stereocenters. The van der Waals surface area contributed by atoms with Gasteiger partial charge in [-0.1, -0.05) is 37.0 Å². The van der Waals surface area contributed by atoms with E-state index in [2.05, 4.69) is 15.0 Å². The third kappa shape index (κ3) is 5.36. The predicted molar refractivity (Wildman–Crippen MR) is 142 cm³/mol. The summed E-state index contributed by atoms with van der Waals surface area (Å²) in [5, 5.41) is 0.179. The van der Waals surface area contributed by atoms with Crippen LogP contribution in [0.25, 0.3) is 16.7 Å². The molecule has 3 aromatic rings. The first kappa shape index (κ1) is 27.1. The zero-order chi connectivity index (χ0) is 27.2. The lowest BCUT2D eigenvalue weighted by atomic mass is 10.1. The third-order valence-electron chi connectivity index (χ3n) is 5.98. The van der Waals surface area contributed by atoms with Crippen LogP contribution < -0.4 is 10.6 Å². The van der Waals surface area contributed by atoms with Crippen molar-refractivity contribution in [2.75, 3.05) is 24.5 Å². The van der Waals surface area contributed by atoms with Gasteiger partial charge in [0.05, 0.1) is 21.8 Å². The van der Waals surface area contributed by atoms with Gasteiger partial charge in [-0.3, -0.25) is 4.98 Å². The predicted octanol–water partition coefficient (Wildman–Crippen LogP) is 5.19. The molecule has 0 aromatic carbocycles. The smallest absolute Gasteiger partial charge is 0.410 e. The number of pyridine rings is 2. The number of piperazine rings is 1. The first-order valence-electron chi connectivity index (χ1n) is 12.0. The van der Waals surface area contributed by atoms with Crippen LogP contribution in [0.1, 0.15) is 53.2 Å². The molecule has 37 heavy (non-hydrogen) atoms. The Kier molecular flexibility index (Phi) is 7.36. The average molecular weight is 551 g/mol. The van der Waals surface area contributed by atoms with Crippen molar-refractivity contribution < 1.29 is 13.9 Å². The number of anilines is 1. The molecule has 0 aliphatic carbocycles. The Hall–Kier alpha value is -2.98. The zero-order valence-electron chi connectivity index (χ0n) is 21.5. The van der Waals surface area contributed by atoms with E-state index in [1.165, 1.54) is 10.6 Å². The van der Waals surface area contributed by atoms with E-state index < -0.39 is 23.2 Å². The van der Waals surface area contributed by atoms with Gasteiger partial charge in [0.2, 0.25) is 0 Å². The van der Waals surface area contributed by atoms with Crippen LogP contribution in [0.5, 0.6) is 0 Å². The van der Waals surface area contributed by atoms with Gasteiger partial charge in [0.25, 0.3) is 0 Å². The largest absolute Gasteiger partial charge is 0.444 e. The topological polar surface area (TPSA) is 93.5 Å².